The molecule has 18 heavy (non-hydrogen) atoms. The van der Waals surface area contributed by atoms with Crippen LogP contribution in [0.15, 0.2) is 0 Å². The molecule has 1 saturated heterocycles. The van der Waals surface area contributed by atoms with E-state index in [1.54, 1.807) is 0 Å². The van der Waals surface area contributed by atoms with Crippen molar-refractivity contribution in [1.29, 1.82) is 0 Å². The number of carbonyl (C=O) groups is 1. The predicted molar refractivity (Wildman–Crippen MR) is 64.0 cm³/mol. The first-order chi connectivity index (χ1) is 8.75. The average Bonchev–Trinajstić information content (AvgIpc) is 2.97. The molecule has 1 fully saturated rings. The van der Waals surface area contributed by atoms with Crippen LogP contribution in [0.1, 0.15) is 37.3 Å². The molecule has 2 aliphatic rings. The number of carboxylic acid groups (broad SMARTS) is 1. The van der Waals surface area contributed by atoms with E-state index in [0.717, 1.165) is 44.0 Å². The number of aromatic nitrogens is 3. The zero-order valence-electron chi connectivity index (χ0n) is 10.4. The van der Waals surface area contributed by atoms with Crippen molar-refractivity contribution in [1.82, 2.24) is 19.7 Å². The minimum atomic E-state index is -0.717. The highest BCUT2D eigenvalue weighted by Crippen LogP contribution is 2.21. The Morgan fingerprint density at radius 3 is 3.00 bits per heavy atom. The number of aryl methyl sites for hydroxylation is 1. The zero-order valence-corrected chi connectivity index (χ0v) is 10.4. The highest BCUT2D eigenvalue weighted by Gasteiger charge is 2.31. The second-order valence-electron chi connectivity index (χ2n) is 5.11. The highest BCUT2D eigenvalue weighted by atomic mass is 16.4. The summed E-state index contributed by atoms with van der Waals surface area (Å²) in [7, 11) is 0. The molecular weight excluding hydrogens is 232 g/mol. The van der Waals surface area contributed by atoms with Crippen molar-refractivity contribution in [2.45, 2.75) is 51.2 Å². The molecule has 3 heterocycles. The predicted octanol–water partition coefficient (Wildman–Crippen LogP) is 0.663. The lowest BCUT2D eigenvalue weighted by atomic mass is 10.1. The summed E-state index contributed by atoms with van der Waals surface area (Å²) in [5.41, 5.74) is 0. The van der Waals surface area contributed by atoms with Crippen molar-refractivity contribution in [3.63, 3.8) is 0 Å². The maximum absolute atomic E-state index is 11.1. The highest BCUT2D eigenvalue weighted by molar-refractivity contribution is 5.73. The largest absolute Gasteiger partial charge is 0.480 e. The topological polar surface area (TPSA) is 71.2 Å². The lowest BCUT2D eigenvalue weighted by Crippen LogP contribution is -2.36. The maximum Gasteiger partial charge on any atom is 0.320 e. The molecule has 0 amide bonds. The van der Waals surface area contributed by atoms with Crippen LogP contribution in [0.2, 0.25) is 0 Å². The monoisotopic (exact) mass is 250 g/mol. The van der Waals surface area contributed by atoms with Gasteiger partial charge in [-0.15, -0.1) is 10.2 Å². The molecule has 0 radical (unpaired) electrons. The zero-order chi connectivity index (χ0) is 12.5. The Labute approximate surface area is 106 Å². The fraction of sp³-hybridized carbons (Fsp3) is 0.750. The number of hydrogen-bond donors (Lipinski definition) is 1. The van der Waals surface area contributed by atoms with Gasteiger partial charge in [0, 0.05) is 13.0 Å². The van der Waals surface area contributed by atoms with E-state index < -0.39 is 5.97 Å². The lowest BCUT2D eigenvalue weighted by Gasteiger charge is -2.22. The summed E-state index contributed by atoms with van der Waals surface area (Å²) in [5.74, 6) is 1.27. The molecule has 6 heteroatoms. The van der Waals surface area contributed by atoms with E-state index in [0.29, 0.717) is 6.54 Å². The Morgan fingerprint density at radius 1 is 1.28 bits per heavy atom. The van der Waals surface area contributed by atoms with Crippen molar-refractivity contribution in [2.75, 3.05) is 6.54 Å². The fourth-order valence-corrected chi connectivity index (χ4v) is 2.96. The number of fused-ring (bicyclic) bond motifs is 1. The summed E-state index contributed by atoms with van der Waals surface area (Å²) < 4.78 is 2.17. The van der Waals surface area contributed by atoms with Gasteiger partial charge in [0.25, 0.3) is 0 Å². The van der Waals surface area contributed by atoms with Crippen LogP contribution in [-0.4, -0.2) is 43.3 Å². The summed E-state index contributed by atoms with van der Waals surface area (Å²) in [6.45, 7) is 2.44. The second-order valence-corrected chi connectivity index (χ2v) is 5.11. The molecule has 2 aliphatic heterocycles. The van der Waals surface area contributed by atoms with Crippen molar-refractivity contribution < 1.29 is 9.90 Å². The molecule has 98 valence electrons. The molecule has 1 N–H and O–H groups in total. The quantitative estimate of drug-likeness (QED) is 0.853. The molecule has 1 atom stereocenters. The van der Waals surface area contributed by atoms with E-state index in [2.05, 4.69) is 14.8 Å². The number of rotatable bonds is 3. The number of likely N-dealkylation sites (tertiary alicyclic amines) is 1. The Kier molecular flexibility index (Phi) is 3.03. The third-order valence-corrected chi connectivity index (χ3v) is 3.93. The van der Waals surface area contributed by atoms with Gasteiger partial charge in [0.05, 0.1) is 6.54 Å². The van der Waals surface area contributed by atoms with Gasteiger partial charge in [-0.1, -0.05) is 0 Å². The number of aliphatic carboxylic acids is 1. The number of carboxylic acids is 1. The van der Waals surface area contributed by atoms with Gasteiger partial charge in [-0.05, 0) is 32.2 Å². The summed E-state index contributed by atoms with van der Waals surface area (Å²) in [5, 5.41) is 17.6. The van der Waals surface area contributed by atoms with Crippen molar-refractivity contribution >= 4 is 5.97 Å². The Balaban J connectivity index is 1.76. The van der Waals surface area contributed by atoms with Crippen LogP contribution in [0.25, 0.3) is 0 Å². The molecule has 0 spiro atoms. The Morgan fingerprint density at radius 2 is 2.17 bits per heavy atom. The number of hydrogen-bond acceptors (Lipinski definition) is 4. The van der Waals surface area contributed by atoms with E-state index in [1.165, 1.54) is 12.8 Å². The standard InChI is InChI=1S/C12H18N4O2/c17-12(18)9-4-3-6-15(9)8-11-14-13-10-5-1-2-7-16(10)11/h9H,1-8H2,(H,17,18). The van der Waals surface area contributed by atoms with Crippen LogP contribution in [0, 0.1) is 0 Å². The van der Waals surface area contributed by atoms with Gasteiger partial charge in [-0.3, -0.25) is 9.69 Å². The van der Waals surface area contributed by atoms with Gasteiger partial charge >= 0.3 is 5.97 Å². The van der Waals surface area contributed by atoms with Gasteiger partial charge in [0.1, 0.15) is 17.7 Å². The van der Waals surface area contributed by atoms with Crippen molar-refractivity contribution in [3.8, 4) is 0 Å². The lowest BCUT2D eigenvalue weighted by molar-refractivity contribution is -0.142. The molecule has 0 bridgehead atoms. The first-order valence-electron chi connectivity index (χ1n) is 6.63. The SMILES string of the molecule is O=C(O)C1CCCN1Cc1nnc2n1CCCC2. The molecule has 1 unspecified atom stereocenters. The molecular formula is C12H18N4O2. The third kappa shape index (κ3) is 2.01. The van der Waals surface area contributed by atoms with Gasteiger partial charge < -0.3 is 9.67 Å². The van der Waals surface area contributed by atoms with Crippen LogP contribution in [0.3, 0.4) is 0 Å². The molecule has 0 saturated carbocycles. The van der Waals surface area contributed by atoms with E-state index in [1.807, 2.05) is 4.90 Å². The molecule has 1 aromatic heterocycles. The summed E-state index contributed by atoms with van der Waals surface area (Å²) in [4.78, 5) is 13.2. The van der Waals surface area contributed by atoms with Gasteiger partial charge in [0.15, 0.2) is 0 Å². The second kappa shape index (κ2) is 4.68. The minimum absolute atomic E-state index is 0.346. The summed E-state index contributed by atoms with van der Waals surface area (Å²) in [6.07, 6.45) is 5.05. The maximum atomic E-state index is 11.1. The van der Waals surface area contributed by atoms with Gasteiger partial charge in [-0.2, -0.15) is 0 Å². The van der Waals surface area contributed by atoms with Crippen LogP contribution < -0.4 is 0 Å². The summed E-state index contributed by atoms with van der Waals surface area (Å²) in [6, 6.07) is -0.346. The normalized spacial score (nSPS) is 24.1. The van der Waals surface area contributed by atoms with Crippen molar-refractivity contribution in [3.05, 3.63) is 11.6 Å². The molecule has 3 rings (SSSR count). The van der Waals surface area contributed by atoms with Crippen molar-refractivity contribution in [2.24, 2.45) is 0 Å². The average molecular weight is 250 g/mol. The van der Waals surface area contributed by atoms with E-state index in [4.69, 9.17) is 5.11 Å². The third-order valence-electron chi connectivity index (χ3n) is 3.93. The van der Waals surface area contributed by atoms with Gasteiger partial charge in [-0.25, -0.2) is 0 Å². The van der Waals surface area contributed by atoms with E-state index in [-0.39, 0.29) is 6.04 Å². The van der Waals surface area contributed by atoms with Gasteiger partial charge in [0.2, 0.25) is 0 Å². The van der Waals surface area contributed by atoms with E-state index >= 15 is 0 Å². The van der Waals surface area contributed by atoms with Crippen LogP contribution >= 0.6 is 0 Å². The first-order valence-corrected chi connectivity index (χ1v) is 6.63. The first kappa shape index (κ1) is 11.6. The van der Waals surface area contributed by atoms with Crippen LogP contribution in [0.5, 0.6) is 0 Å². The minimum Gasteiger partial charge on any atom is -0.480 e. The van der Waals surface area contributed by atoms with Crippen LogP contribution in [-0.2, 0) is 24.3 Å². The Bertz CT molecular complexity index is 457. The van der Waals surface area contributed by atoms with E-state index in [9.17, 15) is 4.79 Å². The fourth-order valence-electron chi connectivity index (χ4n) is 2.96. The molecule has 0 aliphatic carbocycles. The van der Waals surface area contributed by atoms with Crippen LogP contribution in [0.4, 0.5) is 0 Å². The number of nitrogens with zero attached hydrogens (tertiary/aromatic N) is 4. The molecule has 0 aromatic carbocycles. The molecule has 1 aromatic rings. The molecule has 6 nitrogen and oxygen atoms in total. The Hall–Kier alpha value is -1.43. The summed E-state index contributed by atoms with van der Waals surface area (Å²) >= 11 is 0. The smallest absolute Gasteiger partial charge is 0.320 e.